The Morgan fingerprint density at radius 1 is 1.57 bits per heavy atom. The Hall–Kier alpha value is -2.04. The minimum Gasteiger partial charge on any atom is -0.508 e. The number of aromatic hydroxyl groups is 1. The van der Waals surface area contributed by atoms with Gasteiger partial charge in [0.2, 0.25) is 5.88 Å². The third kappa shape index (κ3) is 2.48. The van der Waals surface area contributed by atoms with Gasteiger partial charge in [-0.05, 0) is 6.92 Å². The first-order chi connectivity index (χ1) is 6.49. The molecule has 1 rings (SSSR count). The van der Waals surface area contributed by atoms with Gasteiger partial charge in [0.25, 0.3) is 5.56 Å². The third-order valence-corrected chi connectivity index (χ3v) is 1.36. The SMILES string of the molecule is C=C(C)C(=O)Oc1cc(O)cc(=O)[nH]1. The van der Waals surface area contributed by atoms with Crippen LogP contribution in [0.1, 0.15) is 6.92 Å². The van der Waals surface area contributed by atoms with Crippen LogP contribution in [0.4, 0.5) is 0 Å². The molecule has 0 radical (unpaired) electrons. The minimum absolute atomic E-state index is 0.108. The highest BCUT2D eigenvalue weighted by molar-refractivity contribution is 5.88. The van der Waals surface area contributed by atoms with Gasteiger partial charge >= 0.3 is 5.97 Å². The Bertz CT molecular complexity index is 433. The van der Waals surface area contributed by atoms with Crippen LogP contribution in [0.5, 0.6) is 11.6 Å². The maximum atomic E-state index is 11.0. The van der Waals surface area contributed by atoms with Crippen molar-refractivity contribution in [3.05, 3.63) is 34.6 Å². The number of carbonyl (C=O) groups excluding carboxylic acids is 1. The summed E-state index contributed by atoms with van der Waals surface area (Å²) in [5.41, 5.74) is -0.344. The maximum absolute atomic E-state index is 11.0. The molecule has 0 amide bonds. The van der Waals surface area contributed by atoms with E-state index in [2.05, 4.69) is 16.3 Å². The van der Waals surface area contributed by atoms with E-state index >= 15 is 0 Å². The number of ether oxygens (including phenoxy) is 1. The van der Waals surface area contributed by atoms with Crippen molar-refractivity contribution in [2.75, 3.05) is 0 Å². The average Bonchev–Trinajstić information content (AvgIpc) is 2.01. The fourth-order valence-electron chi connectivity index (χ4n) is 0.746. The molecule has 1 aromatic rings. The lowest BCUT2D eigenvalue weighted by molar-refractivity contribution is -0.130. The average molecular weight is 195 g/mol. The molecule has 0 aliphatic heterocycles. The van der Waals surface area contributed by atoms with Gasteiger partial charge in [-0.3, -0.25) is 9.78 Å². The largest absolute Gasteiger partial charge is 0.508 e. The number of pyridine rings is 1. The molecule has 1 aromatic heterocycles. The molecule has 0 unspecified atom stereocenters. The van der Waals surface area contributed by atoms with Crippen molar-refractivity contribution in [1.29, 1.82) is 0 Å². The van der Waals surface area contributed by atoms with E-state index in [1.165, 1.54) is 6.92 Å². The Morgan fingerprint density at radius 3 is 2.71 bits per heavy atom. The molecule has 0 saturated carbocycles. The molecule has 0 aliphatic carbocycles. The second-order valence-corrected chi connectivity index (χ2v) is 2.74. The smallest absolute Gasteiger partial charge is 0.339 e. The van der Waals surface area contributed by atoms with E-state index in [1.807, 2.05) is 0 Å². The molecule has 5 nitrogen and oxygen atoms in total. The molecule has 0 aliphatic rings. The van der Waals surface area contributed by atoms with E-state index in [1.54, 1.807) is 0 Å². The van der Waals surface area contributed by atoms with Gasteiger partial charge in [-0.15, -0.1) is 0 Å². The Morgan fingerprint density at radius 2 is 2.21 bits per heavy atom. The number of carbonyl (C=O) groups is 1. The van der Waals surface area contributed by atoms with Crippen molar-refractivity contribution in [3.8, 4) is 11.6 Å². The number of aromatic amines is 1. The van der Waals surface area contributed by atoms with Gasteiger partial charge in [0.1, 0.15) is 5.75 Å². The summed E-state index contributed by atoms with van der Waals surface area (Å²) in [7, 11) is 0. The molecule has 74 valence electrons. The molecule has 0 saturated heterocycles. The molecule has 14 heavy (non-hydrogen) atoms. The van der Waals surface area contributed by atoms with Gasteiger partial charge in [-0.25, -0.2) is 4.79 Å². The third-order valence-electron chi connectivity index (χ3n) is 1.36. The van der Waals surface area contributed by atoms with Crippen molar-refractivity contribution in [1.82, 2.24) is 4.98 Å². The molecular formula is C9H9NO4. The molecule has 0 spiro atoms. The number of hydrogen-bond donors (Lipinski definition) is 2. The molecular weight excluding hydrogens is 186 g/mol. The fourth-order valence-corrected chi connectivity index (χ4v) is 0.746. The fraction of sp³-hybridized carbons (Fsp3) is 0.111. The zero-order chi connectivity index (χ0) is 10.7. The predicted molar refractivity (Wildman–Crippen MR) is 49.2 cm³/mol. The number of aromatic nitrogens is 1. The highest BCUT2D eigenvalue weighted by Crippen LogP contribution is 2.12. The predicted octanol–water partition coefficient (Wildman–Crippen LogP) is 0.562. The second kappa shape index (κ2) is 3.78. The summed E-state index contributed by atoms with van der Waals surface area (Å²) in [5.74, 6) is -1.03. The van der Waals surface area contributed by atoms with Gasteiger partial charge in [0.15, 0.2) is 0 Å². The van der Waals surface area contributed by atoms with Crippen molar-refractivity contribution < 1.29 is 14.6 Å². The summed E-state index contributed by atoms with van der Waals surface area (Å²) in [6, 6.07) is 2.10. The summed E-state index contributed by atoms with van der Waals surface area (Å²) >= 11 is 0. The quantitative estimate of drug-likeness (QED) is 0.533. The molecule has 0 aromatic carbocycles. The standard InChI is InChI=1S/C9H9NO4/c1-5(2)9(13)14-8-4-6(11)3-7(12)10-8/h3-4H,1H2,2H3,(H2,10,11,12). The summed E-state index contributed by atoms with van der Waals surface area (Å²) < 4.78 is 4.68. The first-order valence-electron chi connectivity index (χ1n) is 3.80. The van der Waals surface area contributed by atoms with Gasteiger partial charge in [-0.1, -0.05) is 6.58 Å². The number of rotatable bonds is 2. The van der Waals surface area contributed by atoms with Crippen LogP contribution in [0.25, 0.3) is 0 Å². The van der Waals surface area contributed by atoms with Crippen molar-refractivity contribution in [2.45, 2.75) is 6.92 Å². The molecule has 1 heterocycles. The van der Waals surface area contributed by atoms with E-state index in [4.69, 9.17) is 5.11 Å². The van der Waals surface area contributed by atoms with Crippen molar-refractivity contribution >= 4 is 5.97 Å². The van der Waals surface area contributed by atoms with Crippen LogP contribution in [0.15, 0.2) is 29.1 Å². The number of nitrogens with one attached hydrogen (secondary N) is 1. The zero-order valence-corrected chi connectivity index (χ0v) is 7.53. The first-order valence-corrected chi connectivity index (χ1v) is 3.80. The monoisotopic (exact) mass is 195 g/mol. The Labute approximate surface area is 79.7 Å². The second-order valence-electron chi connectivity index (χ2n) is 2.74. The van der Waals surface area contributed by atoms with Crippen LogP contribution < -0.4 is 10.3 Å². The van der Waals surface area contributed by atoms with Crippen LogP contribution in [0.3, 0.4) is 0 Å². The lowest BCUT2D eigenvalue weighted by atomic mass is 10.4. The number of H-pyrrole nitrogens is 1. The summed E-state index contributed by atoms with van der Waals surface area (Å²) in [5, 5.41) is 9.01. The molecule has 0 atom stereocenters. The lowest BCUT2D eigenvalue weighted by Gasteiger charge is -2.02. The van der Waals surface area contributed by atoms with Crippen LogP contribution in [0, 0.1) is 0 Å². The van der Waals surface area contributed by atoms with Gasteiger partial charge < -0.3 is 9.84 Å². The lowest BCUT2D eigenvalue weighted by Crippen LogP contribution is -2.12. The highest BCUT2D eigenvalue weighted by atomic mass is 16.5. The Kier molecular flexibility index (Phi) is 2.71. The minimum atomic E-state index is -0.661. The number of esters is 1. The number of hydrogen-bond acceptors (Lipinski definition) is 4. The van der Waals surface area contributed by atoms with E-state index in [0.717, 1.165) is 12.1 Å². The van der Waals surface area contributed by atoms with E-state index in [0.29, 0.717) is 0 Å². The van der Waals surface area contributed by atoms with E-state index in [-0.39, 0.29) is 17.2 Å². The summed E-state index contributed by atoms with van der Waals surface area (Å²) in [6.07, 6.45) is 0. The zero-order valence-electron chi connectivity index (χ0n) is 7.53. The molecule has 0 bridgehead atoms. The highest BCUT2D eigenvalue weighted by Gasteiger charge is 2.06. The van der Waals surface area contributed by atoms with Gasteiger partial charge in [0.05, 0.1) is 0 Å². The van der Waals surface area contributed by atoms with Crippen molar-refractivity contribution in [3.63, 3.8) is 0 Å². The molecule has 5 heteroatoms. The molecule has 2 N–H and O–H groups in total. The van der Waals surface area contributed by atoms with Crippen LogP contribution >= 0.6 is 0 Å². The van der Waals surface area contributed by atoms with Crippen LogP contribution in [-0.4, -0.2) is 16.1 Å². The Balaban J connectivity index is 2.92. The normalized spacial score (nSPS) is 9.50. The van der Waals surface area contributed by atoms with Gasteiger partial charge in [-0.2, -0.15) is 0 Å². The maximum Gasteiger partial charge on any atom is 0.339 e. The molecule has 0 fully saturated rings. The topological polar surface area (TPSA) is 79.4 Å². The van der Waals surface area contributed by atoms with E-state index < -0.39 is 11.5 Å². The van der Waals surface area contributed by atoms with Gasteiger partial charge in [0, 0.05) is 17.7 Å². The van der Waals surface area contributed by atoms with Crippen molar-refractivity contribution in [2.24, 2.45) is 0 Å². The van der Waals surface area contributed by atoms with Crippen LogP contribution in [-0.2, 0) is 4.79 Å². The van der Waals surface area contributed by atoms with Crippen LogP contribution in [0.2, 0.25) is 0 Å². The first kappa shape index (κ1) is 10.0. The summed E-state index contributed by atoms with van der Waals surface area (Å²) in [4.78, 5) is 24.1. The van der Waals surface area contributed by atoms with E-state index in [9.17, 15) is 9.59 Å². The summed E-state index contributed by atoms with van der Waals surface area (Å²) in [6.45, 7) is 4.84.